The molecule has 3 heteroatoms. The lowest BCUT2D eigenvalue weighted by Crippen LogP contribution is -2.25. The standard InChI is InChI=1S/C12H13ClO2/c13-7-10-8-14-12(15-10)6-5-9-3-1-2-4-11(9)12/h1-4,10H,5-8H2. The van der Waals surface area contributed by atoms with Crippen molar-refractivity contribution in [2.24, 2.45) is 0 Å². The molecule has 0 amide bonds. The van der Waals surface area contributed by atoms with Crippen molar-refractivity contribution in [1.82, 2.24) is 0 Å². The summed E-state index contributed by atoms with van der Waals surface area (Å²) in [6, 6.07) is 8.34. The lowest BCUT2D eigenvalue weighted by Gasteiger charge is -2.23. The third-order valence-electron chi connectivity index (χ3n) is 3.18. The van der Waals surface area contributed by atoms with Crippen LogP contribution in [0.2, 0.25) is 0 Å². The molecule has 2 aliphatic rings. The highest BCUT2D eigenvalue weighted by Gasteiger charge is 2.46. The molecule has 0 radical (unpaired) electrons. The fraction of sp³-hybridized carbons (Fsp3) is 0.500. The summed E-state index contributed by atoms with van der Waals surface area (Å²) in [5, 5.41) is 0. The zero-order chi connectivity index (χ0) is 10.3. The van der Waals surface area contributed by atoms with Gasteiger partial charge in [-0.1, -0.05) is 24.3 Å². The molecule has 1 spiro atoms. The number of benzene rings is 1. The van der Waals surface area contributed by atoms with Gasteiger partial charge in [-0.05, 0) is 12.0 Å². The number of alkyl halides is 1. The zero-order valence-corrected chi connectivity index (χ0v) is 9.17. The number of rotatable bonds is 1. The Labute approximate surface area is 94.1 Å². The molecule has 0 N–H and O–H groups in total. The van der Waals surface area contributed by atoms with Crippen LogP contribution in [0.1, 0.15) is 17.5 Å². The van der Waals surface area contributed by atoms with Gasteiger partial charge in [0.2, 0.25) is 0 Å². The molecule has 3 rings (SSSR count). The van der Waals surface area contributed by atoms with Gasteiger partial charge in [-0.25, -0.2) is 0 Å². The molecule has 1 aliphatic heterocycles. The van der Waals surface area contributed by atoms with E-state index < -0.39 is 5.79 Å². The third-order valence-corrected chi connectivity index (χ3v) is 3.53. The molecule has 1 aromatic rings. The van der Waals surface area contributed by atoms with Gasteiger partial charge < -0.3 is 9.47 Å². The summed E-state index contributed by atoms with van der Waals surface area (Å²) in [6.45, 7) is 0.609. The normalized spacial score (nSPS) is 33.5. The molecular weight excluding hydrogens is 212 g/mol. The van der Waals surface area contributed by atoms with Crippen molar-refractivity contribution in [2.75, 3.05) is 12.5 Å². The van der Waals surface area contributed by atoms with Gasteiger partial charge in [-0.2, -0.15) is 0 Å². The highest BCUT2D eigenvalue weighted by atomic mass is 35.5. The molecule has 1 heterocycles. The van der Waals surface area contributed by atoms with Gasteiger partial charge in [0, 0.05) is 12.0 Å². The van der Waals surface area contributed by atoms with Gasteiger partial charge in [0.15, 0.2) is 5.79 Å². The predicted molar refractivity (Wildman–Crippen MR) is 58.0 cm³/mol. The molecular formula is C12H13ClO2. The maximum Gasteiger partial charge on any atom is 0.195 e. The van der Waals surface area contributed by atoms with Gasteiger partial charge in [-0.15, -0.1) is 11.6 Å². The summed E-state index contributed by atoms with van der Waals surface area (Å²) in [6.07, 6.45) is 1.99. The number of fused-ring (bicyclic) bond motifs is 2. The predicted octanol–water partition coefficient (Wildman–Crippen LogP) is 2.44. The van der Waals surface area contributed by atoms with Gasteiger partial charge in [0.1, 0.15) is 0 Å². The second-order valence-electron chi connectivity index (χ2n) is 4.12. The van der Waals surface area contributed by atoms with Crippen LogP contribution in [-0.4, -0.2) is 18.6 Å². The number of halogens is 1. The van der Waals surface area contributed by atoms with Crippen molar-refractivity contribution in [3.8, 4) is 0 Å². The molecule has 15 heavy (non-hydrogen) atoms. The van der Waals surface area contributed by atoms with Crippen LogP contribution in [0.4, 0.5) is 0 Å². The van der Waals surface area contributed by atoms with Crippen molar-refractivity contribution in [1.29, 1.82) is 0 Å². The number of hydrogen-bond acceptors (Lipinski definition) is 2. The lowest BCUT2D eigenvalue weighted by atomic mass is 10.1. The highest BCUT2D eigenvalue weighted by molar-refractivity contribution is 6.18. The van der Waals surface area contributed by atoms with E-state index in [1.807, 2.05) is 6.07 Å². The molecule has 2 nitrogen and oxygen atoms in total. The molecule has 0 saturated carbocycles. The van der Waals surface area contributed by atoms with E-state index in [1.54, 1.807) is 0 Å². The second-order valence-corrected chi connectivity index (χ2v) is 4.42. The summed E-state index contributed by atoms with van der Waals surface area (Å²) < 4.78 is 11.8. The molecule has 1 aliphatic carbocycles. The first kappa shape index (κ1) is 9.64. The summed E-state index contributed by atoms with van der Waals surface area (Å²) >= 11 is 5.79. The van der Waals surface area contributed by atoms with Crippen molar-refractivity contribution in [3.05, 3.63) is 35.4 Å². The highest BCUT2D eigenvalue weighted by Crippen LogP contribution is 2.44. The van der Waals surface area contributed by atoms with Crippen LogP contribution in [0, 0.1) is 0 Å². The van der Waals surface area contributed by atoms with E-state index in [2.05, 4.69) is 18.2 Å². The molecule has 0 aromatic heterocycles. The Hall–Kier alpha value is -0.570. The molecule has 80 valence electrons. The Kier molecular flexibility index (Phi) is 2.23. The van der Waals surface area contributed by atoms with Crippen LogP contribution in [0.15, 0.2) is 24.3 Å². The van der Waals surface area contributed by atoms with E-state index in [0.29, 0.717) is 12.5 Å². The van der Waals surface area contributed by atoms with Crippen molar-refractivity contribution >= 4 is 11.6 Å². The SMILES string of the molecule is ClCC1COC2(CCc3ccccc32)O1. The van der Waals surface area contributed by atoms with E-state index >= 15 is 0 Å². The van der Waals surface area contributed by atoms with Gasteiger partial charge >= 0.3 is 0 Å². The topological polar surface area (TPSA) is 18.5 Å². The van der Waals surface area contributed by atoms with E-state index in [9.17, 15) is 0 Å². The fourth-order valence-corrected chi connectivity index (χ4v) is 2.61. The Balaban J connectivity index is 1.96. The monoisotopic (exact) mass is 224 g/mol. The minimum absolute atomic E-state index is 0.0397. The van der Waals surface area contributed by atoms with Crippen LogP contribution in [0.3, 0.4) is 0 Å². The quantitative estimate of drug-likeness (QED) is 0.683. The minimum Gasteiger partial charge on any atom is -0.343 e. The van der Waals surface area contributed by atoms with Crippen LogP contribution in [0.25, 0.3) is 0 Å². The van der Waals surface area contributed by atoms with Crippen LogP contribution in [-0.2, 0) is 21.7 Å². The Morgan fingerprint density at radius 1 is 1.40 bits per heavy atom. The third kappa shape index (κ3) is 1.40. The smallest absolute Gasteiger partial charge is 0.195 e. The molecule has 2 atom stereocenters. The van der Waals surface area contributed by atoms with Crippen molar-refractivity contribution in [2.45, 2.75) is 24.7 Å². The average Bonchev–Trinajstić information content (AvgIpc) is 2.86. The van der Waals surface area contributed by atoms with Gasteiger partial charge in [-0.3, -0.25) is 0 Å². The molecule has 1 fully saturated rings. The first-order chi connectivity index (χ1) is 7.34. The van der Waals surface area contributed by atoms with Crippen molar-refractivity contribution in [3.63, 3.8) is 0 Å². The average molecular weight is 225 g/mol. The summed E-state index contributed by atoms with van der Waals surface area (Å²) in [5.74, 6) is 0.0140. The largest absolute Gasteiger partial charge is 0.343 e. The van der Waals surface area contributed by atoms with Crippen LogP contribution < -0.4 is 0 Å². The van der Waals surface area contributed by atoms with Crippen molar-refractivity contribution < 1.29 is 9.47 Å². The van der Waals surface area contributed by atoms with Gasteiger partial charge in [0.05, 0.1) is 18.6 Å². The van der Waals surface area contributed by atoms with E-state index in [1.165, 1.54) is 11.1 Å². The van der Waals surface area contributed by atoms with Crippen LogP contribution >= 0.6 is 11.6 Å². The maximum atomic E-state index is 5.93. The molecule has 0 bridgehead atoms. The lowest BCUT2D eigenvalue weighted by molar-refractivity contribution is -0.172. The Morgan fingerprint density at radius 2 is 2.27 bits per heavy atom. The Bertz CT molecular complexity index is 380. The van der Waals surface area contributed by atoms with E-state index in [4.69, 9.17) is 21.1 Å². The number of hydrogen-bond donors (Lipinski definition) is 0. The fourth-order valence-electron chi connectivity index (χ4n) is 2.46. The van der Waals surface area contributed by atoms with E-state index in [-0.39, 0.29) is 6.10 Å². The summed E-state index contributed by atoms with van der Waals surface area (Å²) in [7, 11) is 0. The first-order valence-electron chi connectivity index (χ1n) is 5.30. The zero-order valence-electron chi connectivity index (χ0n) is 8.41. The van der Waals surface area contributed by atoms with E-state index in [0.717, 1.165) is 12.8 Å². The summed E-state index contributed by atoms with van der Waals surface area (Å²) in [4.78, 5) is 0. The van der Waals surface area contributed by atoms with Gasteiger partial charge in [0.25, 0.3) is 0 Å². The first-order valence-corrected chi connectivity index (χ1v) is 5.84. The maximum absolute atomic E-state index is 5.93. The Morgan fingerprint density at radius 3 is 3.07 bits per heavy atom. The second kappa shape index (κ2) is 3.48. The number of ether oxygens (including phenoxy) is 2. The molecule has 2 unspecified atom stereocenters. The minimum atomic E-state index is -0.490. The summed E-state index contributed by atoms with van der Waals surface area (Å²) in [5.41, 5.74) is 2.53. The molecule has 1 aromatic carbocycles. The molecule has 1 saturated heterocycles. The van der Waals surface area contributed by atoms with Crippen LogP contribution in [0.5, 0.6) is 0 Å². The number of aryl methyl sites for hydroxylation is 1.